The van der Waals surface area contributed by atoms with Crippen LogP contribution >= 0.6 is 0 Å². The fourth-order valence-corrected chi connectivity index (χ4v) is 21.4. The third-order valence-electron chi connectivity index (χ3n) is 28.0. The van der Waals surface area contributed by atoms with Crippen LogP contribution in [-0.4, -0.2) is 130 Å². The van der Waals surface area contributed by atoms with Crippen molar-refractivity contribution < 1.29 is 139 Å². The first-order valence-electron chi connectivity index (χ1n) is 47.7. The molecule has 8 N–H and O–H groups in total. The Morgan fingerprint density at radius 2 is 0.765 bits per heavy atom. The van der Waals surface area contributed by atoms with Gasteiger partial charge < -0.3 is 58.5 Å². The van der Waals surface area contributed by atoms with Crippen molar-refractivity contribution in [3.8, 4) is 45.0 Å². The molecule has 16 aromatic rings. The Bertz CT molecular complexity index is 6370. The molecular weight excluding hydrogens is 2420 g/mol. The molecule has 24 heteroatoms. The number of hydrogen-bond acceptors (Lipinski definition) is 20. The minimum absolute atomic E-state index is 0. The topological polar surface area (TPSA) is 318 Å². The molecule has 22 rings (SSSR count). The molecule has 6 aliphatic rings. The van der Waals surface area contributed by atoms with E-state index in [1.165, 1.54) is 125 Å². The molecule has 8 aromatic carbocycles. The van der Waals surface area contributed by atoms with E-state index in [9.17, 15) is 0 Å². The molecule has 14 atom stereocenters. The molecule has 20 nitrogen and oxygen atoms in total. The Balaban J connectivity index is 0.000000158. The van der Waals surface area contributed by atoms with Gasteiger partial charge in [0.15, 0.2) is 0 Å². The number of nitrogens with zero attached hydrogens (tertiary/aromatic N) is 8. The average molecular weight is 2550 g/mol. The zero-order chi connectivity index (χ0) is 92.9. The Morgan fingerprint density at radius 1 is 0.338 bits per heavy atom. The van der Waals surface area contributed by atoms with E-state index in [-0.39, 0.29) is 129 Å². The maximum absolute atomic E-state index is 8.56. The van der Waals surface area contributed by atoms with E-state index in [2.05, 4.69) is 164 Å². The summed E-state index contributed by atoms with van der Waals surface area (Å²) in [7, 11) is 0. The van der Waals surface area contributed by atoms with Crippen molar-refractivity contribution in [1.82, 2.24) is 39.9 Å². The second kappa shape index (κ2) is 49.6. The van der Waals surface area contributed by atoms with Crippen molar-refractivity contribution in [3.63, 3.8) is 0 Å². The zero-order valence-electron chi connectivity index (χ0n) is 79.4. The van der Waals surface area contributed by atoms with E-state index < -0.39 is 0 Å². The van der Waals surface area contributed by atoms with Crippen molar-refractivity contribution >= 4 is 88.3 Å². The van der Waals surface area contributed by atoms with E-state index >= 15 is 0 Å². The predicted molar refractivity (Wildman–Crippen MR) is 523 cm³/mol. The van der Waals surface area contributed by atoms with E-state index in [0.29, 0.717) is 60.2 Å². The van der Waals surface area contributed by atoms with Gasteiger partial charge in [0.05, 0.1) is 48.8 Å². The van der Waals surface area contributed by atoms with Crippen LogP contribution < -0.4 is 0 Å². The molecule has 6 saturated carbocycles. The van der Waals surface area contributed by atoms with Gasteiger partial charge in [0.25, 0.3) is 0 Å². The van der Waals surface area contributed by atoms with E-state index in [1.54, 1.807) is 80.7 Å². The van der Waals surface area contributed by atoms with Gasteiger partial charge in [-0.1, -0.05) is 95.7 Å². The van der Waals surface area contributed by atoms with Crippen LogP contribution in [0, 0.1) is 52.8 Å². The molecule has 728 valence electrons. The SMILES string of the molecule is CC(O)CC(C)O.CC(O)CC(C)O.CC(O)CC(C)O.CC(O)CC(C)O.CC1(C)C2CCC1(C)C(c1cc[c-]c(-c3ncnc4c3oc3ccccc34)c1)C2.[Ir].[Ir].[Ir].[Ir].[c-]1ccccc1-c1ncnc2c1oc1c(C3CCCC3)cccc12.[c-]1ccccc1-c1ncnc2c1oc1cc(C3CC4CCC3C4)ccc12.[c-]1ccccc1-c1ncnc2c1oc1ccc(C3CCCCC3)cc12. The van der Waals surface area contributed by atoms with Gasteiger partial charge in [0, 0.05) is 125 Å². The summed E-state index contributed by atoms with van der Waals surface area (Å²) in [5.41, 5.74) is 23.7. The van der Waals surface area contributed by atoms with Crippen molar-refractivity contribution in [3.05, 3.63) is 242 Å². The normalized spacial score (nSPS) is 20.2. The summed E-state index contributed by atoms with van der Waals surface area (Å²) in [5.74, 6) is 5.22. The molecule has 0 aliphatic heterocycles. The Hall–Kier alpha value is -8.44. The predicted octanol–water partition coefficient (Wildman–Crippen LogP) is 24.5. The first kappa shape index (κ1) is 108. The van der Waals surface area contributed by atoms with Crippen molar-refractivity contribution in [2.24, 2.45) is 28.6 Å². The summed E-state index contributed by atoms with van der Waals surface area (Å²) in [6.45, 7) is 20.7. The molecule has 136 heavy (non-hydrogen) atoms. The minimum Gasteiger partial charge on any atom is -0.462 e. The maximum Gasteiger partial charge on any atom is 0.139 e. The molecule has 8 aromatic heterocycles. The summed E-state index contributed by atoms with van der Waals surface area (Å²) in [6, 6.07) is 71.1. The smallest absolute Gasteiger partial charge is 0.139 e. The van der Waals surface area contributed by atoms with E-state index in [4.69, 9.17) is 58.5 Å². The number of furan rings is 4. The third kappa shape index (κ3) is 25.7. The van der Waals surface area contributed by atoms with Gasteiger partial charge in [-0.3, -0.25) is 19.9 Å². The van der Waals surface area contributed by atoms with Gasteiger partial charge in [-0.25, -0.2) is 19.9 Å². The molecule has 8 heterocycles. The van der Waals surface area contributed by atoms with Crippen LogP contribution in [0.15, 0.2) is 213 Å². The molecule has 6 fully saturated rings. The number of fused-ring (bicyclic) bond motifs is 16. The quantitative estimate of drug-likeness (QED) is 0.0417. The van der Waals surface area contributed by atoms with Crippen LogP contribution in [0.2, 0.25) is 0 Å². The molecule has 0 spiro atoms. The van der Waals surface area contributed by atoms with Gasteiger partial charge >= 0.3 is 0 Å². The van der Waals surface area contributed by atoms with Crippen LogP contribution in [0.25, 0.3) is 133 Å². The molecule has 4 bridgehead atoms. The Labute approximate surface area is 852 Å². The zero-order valence-corrected chi connectivity index (χ0v) is 89.0. The van der Waals surface area contributed by atoms with Crippen LogP contribution in [-0.2, 0) is 80.4 Å². The summed E-state index contributed by atoms with van der Waals surface area (Å²) in [6.07, 6.45) is 26.7. The number of aliphatic hydroxyl groups excluding tert-OH is 8. The number of benzene rings is 8. The third-order valence-corrected chi connectivity index (χ3v) is 28.0. The Morgan fingerprint density at radius 3 is 1.22 bits per heavy atom. The molecular formula is C112H128Ir4N8O12-4. The summed E-state index contributed by atoms with van der Waals surface area (Å²) in [5, 5.41) is 72.8. The summed E-state index contributed by atoms with van der Waals surface area (Å²) < 4.78 is 24.9. The second-order valence-corrected chi connectivity index (χ2v) is 38.6. The van der Waals surface area contributed by atoms with Crippen LogP contribution in [0.4, 0.5) is 0 Å². The van der Waals surface area contributed by atoms with Crippen LogP contribution in [0.5, 0.6) is 0 Å². The first-order chi connectivity index (χ1) is 63.7. The standard InChI is InChI=1S/C26H25N2O.C23H19N2O.C22H19N2O.C21H17N2O.4C5H12O2.4Ir/c1-25(2)18-11-12-26(25,3)20(14-18)16-7-6-8-17(13-16)22-24-23(28-15-27-22)19-9-4-5-10-21(19)29-24;1-2-4-15(5-3-1)21-23-22(25-13-24-21)18-9-8-17(12-20(18)26-23)19-11-14-6-7-16(19)10-14;1-3-7-15(8-4-1)17-11-12-19-18(13-17)21-22(25-19)20(23-14-24-21)16-9-5-2-6-10-16;1-2-9-15(10-3-1)18-21-19(23-13-22-18)17-12-6-11-16(20(17)24-21)14-7-4-5-8-14;4*1-4(6)3-5(2)7;;;;/h4-7,9-10,13,15,18,20H,11-12,14H2,1-3H3;1-4,8-9,12-14,16,19H,6-7,10-11H2;2,5-6,9,11-15H,1,3-4,7-8H2;1-3,6,9,11-14H,4-5,7-8H2;4*4-7H,3H2,1-2H3;;;;/q4*-1;;;;;;;;. The fourth-order valence-electron chi connectivity index (χ4n) is 21.4. The first-order valence-corrected chi connectivity index (χ1v) is 47.7. The molecule has 6 aliphatic carbocycles. The molecule has 14 unspecified atom stereocenters. The number of rotatable bonds is 16. The second-order valence-electron chi connectivity index (χ2n) is 38.6. The number of aromatic nitrogens is 8. The fraction of sp³-hybridized carbons (Fsp3) is 0.429. The van der Waals surface area contributed by atoms with Crippen LogP contribution in [0.1, 0.15) is 251 Å². The number of hydrogen-bond donors (Lipinski definition) is 8. The average Bonchev–Trinajstić information content (AvgIpc) is 1.55. The van der Waals surface area contributed by atoms with Gasteiger partial charge in [0.2, 0.25) is 0 Å². The summed E-state index contributed by atoms with van der Waals surface area (Å²) >= 11 is 0. The van der Waals surface area contributed by atoms with Gasteiger partial charge in [-0.2, -0.15) is 0 Å². The van der Waals surface area contributed by atoms with Gasteiger partial charge in [0.1, 0.15) is 92.0 Å². The number of para-hydroxylation sites is 2. The van der Waals surface area contributed by atoms with Crippen molar-refractivity contribution in [2.45, 2.75) is 277 Å². The largest absolute Gasteiger partial charge is 0.462 e. The van der Waals surface area contributed by atoms with E-state index in [0.717, 1.165) is 151 Å². The monoisotopic (exact) mass is 2550 g/mol. The van der Waals surface area contributed by atoms with E-state index in [1.807, 2.05) is 91.0 Å². The van der Waals surface area contributed by atoms with Crippen molar-refractivity contribution in [2.75, 3.05) is 0 Å². The van der Waals surface area contributed by atoms with Gasteiger partial charge in [-0.05, 0) is 257 Å². The Kier molecular flexibility index (Phi) is 39.4. The minimum atomic E-state index is -0.375. The molecule has 0 saturated heterocycles. The van der Waals surface area contributed by atoms with Gasteiger partial charge in [-0.15, -0.1) is 143 Å². The molecule has 0 amide bonds. The maximum atomic E-state index is 8.56. The summed E-state index contributed by atoms with van der Waals surface area (Å²) in [4.78, 5) is 36.0. The van der Waals surface area contributed by atoms with Crippen molar-refractivity contribution in [1.29, 1.82) is 0 Å². The molecule has 4 radical (unpaired) electrons. The van der Waals surface area contributed by atoms with Crippen LogP contribution in [0.3, 0.4) is 0 Å². The number of aliphatic hydroxyl groups is 8.